The smallest absolute Gasteiger partial charge is 0.127 e. The summed E-state index contributed by atoms with van der Waals surface area (Å²) in [5.74, 6) is 1.59. The van der Waals surface area contributed by atoms with Gasteiger partial charge in [0.25, 0.3) is 0 Å². The molecule has 0 fully saturated rings. The molecule has 0 aliphatic rings. The van der Waals surface area contributed by atoms with E-state index in [0.717, 1.165) is 23.6 Å². The average Bonchev–Trinajstić information content (AvgIpc) is 2.35. The summed E-state index contributed by atoms with van der Waals surface area (Å²) in [6.07, 6.45) is 0. The van der Waals surface area contributed by atoms with Gasteiger partial charge in [-0.15, -0.1) is 0 Å². The Morgan fingerprint density at radius 2 is 2.06 bits per heavy atom. The molecule has 0 aliphatic carbocycles. The molecular formula is C12H20N2O2. The van der Waals surface area contributed by atoms with E-state index >= 15 is 0 Å². The minimum absolute atomic E-state index is 0.117. The topological polar surface area (TPSA) is 56.5 Å². The fraction of sp³-hybridized carbons (Fsp3) is 0.500. The molecule has 4 heteroatoms. The van der Waals surface area contributed by atoms with Crippen LogP contribution in [-0.4, -0.2) is 27.3 Å². The van der Waals surface area contributed by atoms with Gasteiger partial charge in [0.1, 0.15) is 11.5 Å². The second-order valence-corrected chi connectivity index (χ2v) is 3.45. The summed E-state index contributed by atoms with van der Waals surface area (Å²) >= 11 is 0. The molecule has 0 heterocycles. The van der Waals surface area contributed by atoms with Gasteiger partial charge in [-0.25, -0.2) is 0 Å². The van der Waals surface area contributed by atoms with Crippen molar-refractivity contribution in [3.8, 4) is 11.5 Å². The van der Waals surface area contributed by atoms with Crippen LogP contribution < -0.4 is 20.5 Å². The summed E-state index contributed by atoms with van der Waals surface area (Å²) in [5, 5.41) is 3.31. The van der Waals surface area contributed by atoms with Gasteiger partial charge in [-0.05, 0) is 12.6 Å². The van der Waals surface area contributed by atoms with Gasteiger partial charge in [-0.2, -0.15) is 0 Å². The molecule has 16 heavy (non-hydrogen) atoms. The Kier molecular flexibility index (Phi) is 5.08. The minimum atomic E-state index is 0.117. The molecule has 1 rings (SSSR count). The summed E-state index contributed by atoms with van der Waals surface area (Å²) in [6.45, 7) is 3.46. The summed E-state index contributed by atoms with van der Waals surface area (Å²) < 4.78 is 10.5. The van der Waals surface area contributed by atoms with Gasteiger partial charge in [0.2, 0.25) is 0 Å². The highest BCUT2D eigenvalue weighted by atomic mass is 16.5. The van der Waals surface area contributed by atoms with Crippen molar-refractivity contribution < 1.29 is 9.47 Å². The molecule has 0 aliphatic heterocycles. The van der Waals surface area contributed by atoms with E-state index in [2.05, 4.69) is 12.2 Å². The monoisotopic (exact) mass is 224 g/mol. The fourth-order valence-corrected chi connectivity index (χ4v) is 1.67. The van der Waals surface area contributed by atoms with Crippen LogP contribution in [0.4, 0.5) is 0 Å². The van der Waals surface area contributed by atoms with Crippen molar-refractivity contribution in [3.63, 3.8) is 0 Å². The predicted molar refractivity (Wildman–Crippen MR) is 65.0 cm³/mol. The SMILES string of the molecule is CCNC(CN)c1ccc(OC)cc1OC. The second-order valence-electron chi connectivity index (χ2n) is 3.45. The summed E-state index contributed by atoms with van der Waals surface area (Å²) in [5.41, 5.74) is 6.80. The van der Waals surface area contributed by atoms with Crippen molar-refractivity contribution >= 4 is 0 Å². The van der Waals surface area contributed by atoms with E-state index in [1.807, 2.05) is 18.2 Å². The minimum Gasteiger partial charge on any atom is -0.497 e. The first-order valence-electron chi connectivity index (χ1n) is 5.42. The summed E-state index contributed by atoms with van der Waals surface area (Å²) in [7, 11) is 3.29. The van der Waals surface area contributed by atoms with Gasteiger partial charge in [-0.3, -0.25) is 0 Å². The number of hydrogen-bond donors (Lipinski definition) is 2. The molecule has 0 aromatic heterocycles. The Balaban J connectivity index is 3.01. The van der Waals surface area contributed by atoms with Crippen LogP contribution in [0.3, 0.4) is 0 Å². The highest BCUT2D eigenvalue weighted by molar-refractivity contribution is 5.42. The standard InChI is InChI=1S/C12H20N2O2/c1-4-14-11(8-13)10-6-5-9(15-2)7-12(10)16-3/h5-7,11,14H,4,8,13H2,1-3H3. The predicted octanol–water partition coefficient (Wildman–Crippen LogP) is 1.31. The maximum absolute atomic E-state index is 5.74. The number of rotatable bonds is 6. The molecule has 1 aromatic carbocycles. The highest BCUT2D eigenvalue weighted by Gasteiger charge is 2.14. The van der Waals surface area contributed by atoms with E-state index in [1.54, 1.807) is 14.2 Å². The zero-order valence-electron chi connectivity index (χ0n) is 10.1. The second kappa shape index (κ2) is 6.35. The molecule has 0 radical (unpaired) electrons. The number of ether oxygens (including phenoxy) is 2. The van der Waals surface area contributed by atoms with Crippen LogP contribution >= 0.6 is 0 Å². The number of benzene rings is 1. The summed E-state index contributed by atoms with van der Waals surface area (Å²) in [4.78, 5) is 0. The maximum Gasteiger partial charge on any atom is 0.127 e. The van der Waals surface area contributed by atoms with Crippen LogP contribution in [0, 0.1) is 0 Å². The molecule has 0 saturated carbocycles. The van der Waals surface area contributed by atoms with Crippen molar-refractivity contribution in [1.29, 1.82) is 0 Å². The number of nitrogens with one attached hydrogen (secondary N) is 1. The van der Waals surface area contributed by atoms with Crippen LogP contribution in [0.15, 0.2) is 18.2 Å². The Morgan fingerprint density at radius 3 is 2.56 bits per heavy atom. The number of likely N-dealkylation sites (N-methyl/N-ethyl adjacent to an activating group) is 1. The Bertz CT molecular complexity index is 329. The number of methoxy groups -OCH3 is 2. The number of nitrogens with two attached hydrogens (primary N) is 1. The third kappa shape index (κ3) is 2.87. The fourth-order valence-electron chi connectivity index (χ4n) is 1.67. The normalized spacial score (nSPS) is 12.2. The first-order chi connectivity index (χ1) is 7.76. The van der Waals surface area contributed by atoms with Crippen LogP contribution in [0.5, 0.6) is 11.5 Å². The van der Waals surface area contributed by atoms with Gasteiger partial charge in [0, 0.05) is 24.2 Å². The number of hydrogen-bond acceptors (Lipinski definition) is 4. The zero-order chi connectivity index (χ0) is 12.0. The molecule has 1 atom stereocenters. The quantitative estimate of drug-likeness (QED) is 0.765. The van der Waals surface area contributed by atoms with E-state index in [4.69, 9.17) is 15.2 Å². The largest absolute Gasteiger partial charge is 0.497 e. The van der Waals surface area contributed by atoms with Crippen molar-refractivity contribution in [3.05, 3.63) is 23.8 Å². The molecule has 1 unspecified atom stereocenters. The first-order valence-corrected chi connectivity index (χ1v) is 5.42. The Morgan fingerprint density at radius 1 is 1.31 bits per heavy atom. The van der Waals surface area contributed by atoms with Gasteiger partial charge in [0.15, 0.2) is 0 Å². The van der Waals surface area contributed by atoms with Crippen LogP contribution in [-0.2, 0) is 0 Å². The lowest BCUT2D eigenvalue weighted by atomic mass is 10.1. The van der Waals surface area contributed by atoms with Crippen LogP contribution in [0.25, 0.3) is 0 Å². The molecule has 0 spiro atoms. The molecule has 3 N–H and O–H groups in total. The van der Waals surface area contributed by atoms with Crippen molar-refractivity contribution in [2.45, 2.75) is 13.0 Å². The van der Waals surface area contributed by atoms with Gasteiger partial charge < -0.3 is 20.5 Å². The zero-order valence-corrected chi connectivity index (χ0v) is 10.1. The molecule has 90 valence electrons. The first kappa shape index (κ1) is 12.8. The third-order valence-corrected chi connectivity index (χ3v) is 2.50. The van der Waals surface area contributed by atoms with E-state index in [-0.39, 0.29) is 6.04 Å². The maximum atomic E-state index is 5.74. The van der Waals surface area contributed by atoms with Crippen molar-refractivity contribution in [2.24, 2.45) is 5.73 Å². The lowest BCUT2D eigenvalue weighted by Crippen LogP contribution is -2.28. The van der Waals surface area contributed by atoms with Crippen LogP contribution in [0.2, 0.25) is 0 Å². The van der Waals surface area contributed by atoms with E-state index in [1.165, 1.54) is 0 Å². The van der Waals surface area contributed by atoms with E-state index < -0.39 is 0 Å². The summed E-state index contributed by atoms with van der Waals surface area (Å²) in [6, 6.07) is 5.89. The Labute approximate surface area is 96.7 Å². The van der Waals surface area contributed by atoms with Gasteiger partial charge >= 0.3 is 0 Å². The van der Waals surface area contributed by atoms with Crippen LogP contribution in [0.1, 0.15) is 18.5 Å². The van der Waals surface area contributed by atoms with Gasteiger partial charge in [0.05, 0.1) is 14.2 Å². The van der Waals surface area contributed by atoms with E-state index in [0.29, 0.717) is 6.54 Å². The lowest BCUT2D eigenvalue weighted by molar-refractivity contribution is 0.385. The van der Waals surface area contributed by atoms with E-state index in [9.17, 15) is 0 Å². The lowest BCUT2D eigenvalue weighted by Gasteiger charge is -2.19. The molecule has 1 aromatic rings. The average molecular weight is 224 g/mol. The van der Waals surface area contributed by atoms with Gasteiger partial charge in [-0.1, -0.05) is 13.0 Å². The van der Waals surface area contributed by atoms with Crippen molar-refractivity contribution in [2.75, 3.05) is 27.3 Å². The molecule has 0 amide bonds. The third-order valence-electron chi connectivity index (χ3n) is 2.50. The van der Waals surface area contributed by atoms with Crippen molar-refractivity contribution in [1.82, 2.24) is 5.32 Å². The molecule has 0 saturated heterocycles. The molecule has 0 bridgehead atoms. The molecular weight excluding hydrogens is 204 g/mol. The molecule has 4 nitrogen and oxygen atoms in total. The highest BCUT2D eigenvalue weighted by Crippen LogP contribution is 2.28. The Hall–Kier alpha value is -1.26.